The zero-order chi connectivity index (χ0) is 13.1. The van der Waals surface area contributed by atoms with Crippen LogP contribution in [0.25, 0.3) is 0 Å². The van der Waals surface area contributed by atoms with Gasteiger partial charge in [-0.25, -0.2) is 0 Å². The fraction of sp³-hybridized carbons (Fsp3) is 0.533. The maximum atomic E-state index is 9.13. The van der Waals surface area contributed by atoms with E-state index in [0.29, 0.717) is 22.5 Å². The third-order valence-electron chi connectivity index (χ3n) is 4.19. The molecule has 2 nitrogen and oxygen atoms in total. The van der Waals surface area contributed by atoms with Gasteiger partial charge in [0.15, 0.2) is 0 Å². The lowest BCUT2D eigenvalue weighted by Crippen LogP contribution is -2.25. The number of nitrogens with one attached hydrogen (secondary N) is 1. The van der Waals surface area contributed by atoms with Crippen molar-refractivity contribution in [2.45, 2.75) is 39.2 Å². The van der Waals surface area contributed by atoms with E-state index in [1.54, 1.807) is 6.07 Å². The van der Waals surface area contributed by atoms with Crippen molar-refractivity contribution in [3.8, 4) is 6.07 Å². The van der Waals surface area contributed by atoms with E-state index in [1.165, 1.54) is 19.3 Å². The maximum absolute atomic E-state index is 9.13. The third kappa shape index (κ3) is 2.62. The summed E-state index contributed by atoms with van der Waals surface area (Å²) in [6, 6.07) is 8.15. The second kappa shape index (κ2) is 5.63. The molecule has 1 aromatic rings. The average molecular weight is 263 g/mol. The lowest BCUT2D eigenvalue weighted by Gasteiger charge is -2.22. The minimum Gasteiger partial charge on any atom is -0.381 e. The summed E-state index contributed by atoms with van der Waals surface area (Å²) in [4.78, 5) is 0. The molecule has 0 bridgehead atoms. The van der Waals surface area contributed by atoms with Crippen LogP contribution < -0.4 is 5.32 Å². The number of anilines is 1. The van der Waals surface area contributed by atoms with Gasteiger partial charge in [0.25, 0.3) is 0 Å². The minimum atomic E-state index is 0.475. The molecule has 0 aliphatic heterocycles. The maximum Gasteiger partial charge on any atom is 0.101 e. The molecule has 96 valence electrons. The lowest BCUT2D eigenvalue weighted by atomic mass is 9.93. The van der Waals surface area contributed by atoms with Crippen molar-refractivity contribution in [2.75, 3.05) is 5.32 Å². The normalized spacial score (nSPS) is 26.9. The molecular formula is C15H19ClN2. The monoisotopic (exact) mass is 262 g/mol. The van der Waals surface area contributed by atoms with Gasteiger partial charge in [0.05, 0.1) is 11.3 Å². The molecule has 18 heavy (non-hydrogen) atoms. The summed E-state index contributed by atoms with van der Waals surface area (Å²) < 4.78 is 0. The predicted octanol–water partition coefficient (Wildman–Crippen LogP) is 4.45. The smallest absolute Gasteiger partial charge is 0.101 e. The molecule has 0 spiro atoms. The van der Waals surface area contributed by atoms with E-state index in [-0.39, 0.29) is 0 Å². The highest BCUT2D eigenvalue weighted by atomic mass is 35.5. The van der Waals surface area contributed by atoms with Crippen LogP contribution in [0.15, 0.2) is 18.2 Å². The quantitative estimate of drug-likeness (QED) is 0.874. The van der Waals surface area contributed by atoms with Gasteiger partial charge in [-0.2, -0.15) is 5.26 Å². The van der Waals surface area contributed by atoms with Crippen molar-refractivity contribution in [1.82, 2.24) is 0 Å². The Morgan fingerprint density at radius 1 is 1.44 bits per heavy atom. The van der Waals surface area contributed by atoms with E-state index >= 15 is 0 Å². The first kappa shape index (κ1) is 13.2. The van der Waals surface area contributed by atoms with Crippen LogP contribution in [0.1, 0.15) is 38.7 Å². The summed E-state index contributed by atoms with van der Waals surface area (Å²) in [6.07, 6.45) is 3.71. The molecule has 1 aromatic carbocycles. The minimum absolute atomic E-state index is 0.475. The van der Waals surface area contributed by atoms with Crippen molar-refractivity contribution in [3.05, 3.63) is 28.8 Å². The Kier molecular flexibility index (Phi) is 4.14. The van der Waals surface area contributed by atoms with Crippen LogP contribution >= 0.6 is 11.6 Å². The number of hydrogen-bond donors (Lipinski definition) is 1. The number of nitriles is 1. The van der Waals surface area contributed by atoms with Gasteiger partial charge in [-0.15, -0.1) is 0 Å². The van der Waals surface area contributed by atoms with Gasteiger partial charge in [0.1, 0.15) is 6.07 Å². The third-order valence-corrected chi connectivity index (χ3v) is 4.43. The van der Waals surface area contributed by atoms with Crippen LogP contribution in [0.2, 0.25) is 5.02 Å². The molecule has 1 fully saturated rings. The van der Waals surface area contributed by atoms with Crippen LogP contribution in [0.5, 0.6) is 0 Å². The summed E-state index contributed by atoms with van der Waals surface area (Å²) in [5.74, 6) is 1.47. The van der Waals surface area contributed by atoms with E-state index in [4.69, 9.17) is 16.9 Å². The Morgan fingerprint density at radius 2 is 2.22 bits per heavy atom. The molecule has 2 rings (SSSR count). The molecule has 3 unspecified atom stereocenters. The standard InChI is InChI=1S/C15H19ClN2/c1-3-11-4-6-14(10(11)2)18-15-7-5-13(16)8-12(15)9-17/h5,7-8,10-11,14,18H,3-4,6H2,1-2H3. The van der Waals surface area contributed by atoms with Crippen LogP contribution in [0.4, 0.5) is 5.69 Å². The zero-order valence-electron chi connectivity index (χ0n) is 10.9. The van der Waals surface area contributed by atoms with Crippen molar-refractivity contribution in [3.63, 3.8) is 0 Å². The molecule has 0 saturated heterocycles. The highest BCUT2D eigenvalue weighted by molar-refractivity contribution is 6.30. The second-order valence-corrected chi connectivity index (χ2v) is 5.59. The molecule has 0 radical (unpaired) electrons. The Balaban J connectivity index is 2.13. The first-order valence-corrected chi connectivity index (χ1v) is 6.99. The van der Waals surface area contributed by atoms with Gasteiger partial charge in [0.2, 0.25) is 0 Å². The molecule has 1 saturated carbocycles. The Labute approximate surface area is 114 Å². The van der Waals surface area contributed by atoms with Crippen LogP contribution in [0.3, 0.4) is 0 Å². The van der Waals surface area contributed by atoms with Crippen molar-refractivity contribution in [1.29, 1.82) is 5.26 Å². The summed E-state index contributed by atoms with van der Waals surface area (Å²) >= 11 is 5.91. The van der Waals surface area contributed by atoms with Crippen molar-refractivity contribution in [2.24, 2.45) is 11.8 Å². The SMILES string of the molecule is CCC1CCC(Nc2ccc(Cl)cc2C#N)C1C. The second-order valence-electron chi connectivity index (χ2n) is 5.16. The van der Waals surface area contributed by atoms with Crippen LogP contribution in [-0.2, 0) is 0 Å². The Hall–Kier alpha value is -1.20. The van der Waals surface area contributed by atoms with Gasteiger partial charge < -0.3 is 5.32 Å². The molecule has 0 heterocycles. The number of halogens is 1. The number of hydrogen-bond acceptors (Lipinski definition) is 2. The highest BCUT2D eigenvalue weighted by Crippen LogP contribution is 2.36. The van der Waals surface area contributed by atoms with Gasteiger partial charge in [0, 0.05) is 11.1 Å². The molecule has 0 aromatic heterocycles. The van der Waals surface area contributed by atoms with Gasteiger partial charge in [-0.3, -0.25) is 0 Å². The Bertz CT molecular complexity index is 464. The van der Waals surface area contributed by atoms with Crippen LogP contribution in [0, 0.1) is 23.2 Å². The molecular weight excluding hydrogens is 244 g/mol. The summed E-state index contributed by atoms with van der Waals surface area (Å²) in [6.45, 7) is 4.56. The van der Waals surface area contributed by atoms with E-state index in [9.17, 15) is 0 Å². The molecule has 1 N–H and O–H groups in total. The summed E-state index contributed by atoms with van der Waals surface area (Å²) in [5.41, 5.74) is 1.55. The van der Waals surface area contributed by atoms with E-state index < -0.39 is 0 Å². The van der Waals surface area contributed by atoms with Crippen molar-refractivity contribution >= 4 is 17.3 Å². The van der Waals surface area contributed by atoms with E-state index in [0.717, 1.165) is 11.6 Å². The predicted molar refractivity (Wildman–Crippen MR) is 75.8 cm³/mol. The summed E-state index contributed by atoms with van der Waals surface area (Å²) in [5, 5.41) is 13.3. The van der Waals surface area contributed by atoms with Crippen LogP contribution in [-0.4, -0.2) is 6.04 Å². The lowest BCUT2D eigenvalue weighted by molar-refractivity contribution is 0.392. The molecule has 0 amide bonds. The zero-order valence-corrected chi connectivity index (χ0v) is 11.7. The molecule has 1 aliphatic rings. The average Bonchev–Trinajstić information content (AvgIpc) is 2.72. The Morgan fingerprint density at radius 3 is 2.83 bits per heavy atom. The van der Waals surface area contributed by atoms with Crippen molar-refractivity contribution < 1.29 is 0 Å². The highest BCUT2D eigenvalue weighted by Gasteiger charge is 2.31. The summed E-state index contributed by atoms with van der Waals surface area (Å²) in [7, 11) is 0. The van der Waals surface area contributed by atoms with Gasteiger partial charge in [-0.1, -0.05) is 31.9 Å². The number of benzene rings is 1. The first-order valence-electron chi connectivity index (χ1n) is 6.62. The molecule has 3 heteroatoms. The van der Waals surface area contributed by atoms with E-state index in [1.807, 2.05) is 12.1 Å². The molecule has 3 atom stereocenters. The number of rotatable bonds is 3. The first-order chi connectivity index (χ1) is 8.65. The van der Waals surface area contributed by atoms with E-state index in [2.05, 4.69) is 25.2 Å². The van der Waals surface area contributed by atoms with Gasteiger partial charge >= 0.3 is 0 Å². The molecule has 1 aliphatic carbocycles. The largest absolute Gasteiger partial charge is 0.381 e. The topological polar surface area (TPSA) is 35.8 Å². The fourth-order valence-corrected chi connectivity index (χ4v) is 3.13. The van der Waals surface area contributed by atoms with Gasteiger partial charge in [-0.05, 0) is 42.9 Å². The number of nitrogens with zero attached hydrogens (tertiary/aromatic N) is 1. The fourth-order valence-electron chi connectivity index (χ4n) is 2.96.